The van der Waals surface area contributed by atoms with Crippen LogP contribution in [-0.4, -0.2) is 40.9 Å². The van der Waals surface area contributed by atoms with E-state index in [0.29, 0.717) is 17.8 Å². The summed E-state index contributed by atoms with van der Waals surface area (Å²) in [4.78, 5) is 0.237. The van der Waals surface area contributed by atoms with Gasteiger partial charge in [0.15, 0.2) is 11.5 Å². The van der Waals surface area contributed by atoms with Gasteiger partial charge in [-0.3, -0.25) is 0 Å². The Morgan fingerprint density at radius 2 is 1.75 bits per heavy atom. The number of halogens is 1. The number of rotatable bonds is 10. The van der Waals surface area contributed by atoms with Gasteiger partial charge in [-0.25, -0.2) is 13.1 Å². The lowest BCUT2D eigenvalue weighted by Gasteiger charge is -2.19. The van der Waals surface area contributed by atoms with Gasteiger partial charge in [0.25, 0.3) is 0 Å². The molecule has 178 valence electrons. The molecule has 1 aliphatic carbocycles. The third-order valence-electron chi connectivity index (χ3n) is 6.27. The topological polar surface area (TPSA) is 84.9 Å². The summed E-state index contributed by atoms with van der Waals surface area (Å²) in [5.74, 6) is 3.04. The smallest absolute Gasteiger partial charge is 0.240 e. The number of hydrogen-bond donors (Lipinski definition) is 2. The second-order valence-corrected chi connectivity index (χ2v) is 10.1. The van der Waals surface area contributed by atoms with Crippen LogP contribution in [0.25, 0.3) is 0 Å². The van der Waals surface area contributed by atoms with E-state index in [0.717, 1.165) is 30.8 Å². The molecule has 2 aromatic carbocycles. The van der Waals surface area contributed by atoms with Crippen LogP contribution < -0.4 is 14.2 Å². The molecule has 0 amide bonds. The minimum Gasteiger partial charge on any atom is -0.493 e. The molecule has 2 aromatic rings. The molecule has 0 spiro atoms. The SMILES string of the molecule is COc1ccc([C@@H](C)CC2CC[C@H](c3ccc(S(=O)(=O)NCCO)cc3)C2)cc1OC.Cl. The quantitative estimate of drug-likeness (QED) is 0.520. The lowest BCUT2D eigenvalue weighted by molar-refractivity contribution is 0.301. The molecule has 2 N–H and O–H groups in total. The van der Waals surface area contributed by atoms with Crippen molar-refractivity contribution in [3.05, 3.63) is 53.6 Å². The Morgan fingerprint density at radius 1 is 1.06 bits per heavy atom. The fourth-order valence-electron chi connectivity index (χ4n) is 4.57. The number of nitrogens with one attached hydrogen (secondary N) is 1. The third kappa shape index (κ3) is 6.38. The summed E-state index contributed by atoms with van der Waals surface area (Å²) in [6.07, 6.45) is 4.54. The predicted octanol–water partition coefficient (Wildman–Crippen LogP) is 4.47. The number of benzene rings is 2. The number of aliphatic hydroxyl groups is 1. The van der Waals surface area contributed by atoms with E-state index < -0.39 is 10.0 Å². The van der Waals surface area contributed by atoms with Gasteiger partial charge >= 0.3 is 0 Å². The van der Waals surface area contributed by atoms with Crippen molar-refractivity contribution in [1.82, 2.24) is 4.72 Å². The molecule has 0 radical (unpaired) electrons. The summed E-state index contributed by atoms with van der Waals surface area (Å²) in [7, 11) is -0.254. The zero-order valence-electron chi connectivity index (χ0n) is 18.9. The second-order valence-electron chi connectivity index (χ2n) is 8.32. The van der Waals surface area contributed by atoms with Crippen molar-refractivity contribution in [3.63, 3.8) is 0 Å². The van der Waals surface area contributed by atoms with E-state index in [1.54, 1.807) is 26.4 Å². The molecule has 3 atom stereocenters. The minimum atomic E-state index is -3.56. The van der Waals surface area contributed by atoms with Crippen LogP contribution >= 0.6 is 12.4 Å². The van der Waals surface area contributed by atoms with Crippen molar-refractivity contribution in [2.45, 2.75) is 49.3 Å². The fraction of sp³-hybridized carbons (Fsp3) is 0.500. The van der Waals surface area contributed by atoms with Crippen LogP contribution in [0.15, 0.2) is 47.4 Å². The zero-order valence-corrected chi connectivity index (χ0v) is 20.5. The molecule has 1 fully saturated rings. The highest BCUT2D eigenvalue weighted by Gasteiger charge is 2.28. The Labute approximate surface area is 197 Å². The molecule has 3 rings (SSSR count). The summed E-state index contributed by atoms with van der Waals surface area (Å²) in [6, 6.07) is 13.3. The van der Waals surface area contributed by atoms with Gasteiger partial charge in [0.2, 0.25) is 10.0 Å². The summed E-state index contributed by atoms with van der Waals surface area (Å²) in [5, 5.41) is 8.84. The van der Waals surface area contributed by atoms with Crippen molar-refractivity contribution in [1.29, 1.82) is 0 Å². The highest BCUT2D eigenvalue weighted by Crippen LogP contribution is 2.43. The average Bonchev–Trinajstić information content (AvgIpc) is 3.25. The van der Waals surface area contributed by atoms with E-state index in [-0.39, 0.29) is 30.5 Å². The molecule has 0 aromatic heterocycles. The van der Waals surface area contributed by atoms with E-state index >= 15 is 0 Å². The first kappa shape index (κ1) is 26.5. The molecule has 1 saturated carbocycles. The maximum atomic E-state index is 12.2. The van der Waals surface area contributed by atoms with E-state index in [2.05, 4.69) is 23.8 Å². The first-order valence-corrected chi connectivity index (χ1v) is 12.3. The molecule has 0 bridgehead atoms. The fourth-order valence-corrected chi connectivity index (χ4v) is 5.59. The first-order valence-electron chi connectivity index (χ1n) is 10.8. The molecule has 1 unspecified atom stereocenters. The number of methoxy groups -OCH3 is 2. The zero-order chi connectivity index (χ0) is 22.4. The Balaban J connectivity index is 0.00000363. The average molecular weight is 484 g/mol. The number of sulfonamides is 1. The van der Waals surface area contributed by atoms with Crippen LogP contribution in [-0.2, 0) is 10.0 Å². The molecule has 0 heterocycles. The van der Waals surface area contributed by atoms with E-state index in [4.69, 9.17) is 14.6 Å². The predicted molar refractivity (Wildman–Crippen MR) is 129 cm³/mol. The standard InChI is InChI=1S/C24H33NO5S.ClH/c1-17(20-8-11-23(29-2)24(16-20)30-3)14-18-4-5-21(15-18)19-6-9-22(10-7-19)31(27,28)25-12-13-26;/h6-11,16-18,21,25-26H,4-5,12-15H2,1-3H3;1H/t17-,18?,21-;/m0./s1. The van der Waals surface area contributed by atoms with Crippen LogP contribution in [0, 0.1) is 5.92 Å². The van der Waals surface area contributed by atoms with Crippen LogP contribution in [0.3, 0.4) is 0 Å². The van der Waals surface area contributed by atoms with Crippen molar-refractivity contribution in [2.24, 2.45) is 5.92 Å². The number of aliphatic hydroxyl groups excluding tert-OH is 1. The highest BCUT2D eigenvalue weighted by atomic mass is 35.5. The van der Waals surface area contributed by atoms with Crippen LogP contribution in [0.1, 0.15) is 55.6 Å². The molecule has 0 aliphatic heterocycles. The van der Waals surface area contributed by atoms with Crippen LogP contribution in [0.4, 0.5) is 0 Å². The van der Waals surface area contributed by atoms with Crippen molar-refractivity contribution < 1.29 is 23.0 Å². The third-order valence-corrected chi connectivity index (χ3v) is 7.75. The normalized spacial score (nSPS) is 19.2. The van der Waals surface area contributed by atoms with Gasteiger partial charge in [0.1, 0.15) is 0 Å². The summed E-state index contributed by atoms with van der Waals surface area (Å²) >= 11 is 0. The van der Waals surface area contributed by atoms with Gasteiger partial charge in [-0.2, -0.15) is 0 Å². The van der Waals surface area contributed by atoms with Gasteiger partial charge in [-0.05, 0) is 78.8 Å². The molecular weight excluding hydrogens is 450 g/mol. The second kappa shape index (κ2) is 11.9. The Hall–Kier alpha value is -1.80. The lowest BCUT2D eigenvalue weighted by Crippen LogP contribution is -2.26. The molecule has 6 nitrogen and oxygen atoms in total. The summed E-state index contributed by atoms with van der Waals surface area (Å²) in [6.45, 7) is 2.06. The van der Waals surface area contributed by atoms with Crippen molar-refractivity contribution in [3.8, 4) is 11.5 Å². The first-order chi connectivity index (χ1) is 14.9. The van der Waals surface area contributed by atoms with E-state index in [9.17, 15) is 8.42 Å². The van der Waals surface area contributed by atoms with Crippen molar-refractivity contribution >= 4 is 22.4 Å². The van der Waals surface area contributed by atoms with Gasteiger partial charge < -0.3 is 14.6 Å². The Kier molecular flexibility index (Phi) is 9.83. The molecule has 0 saturated heterocycles. The van der Waals surface area contributed by atoms with Gasteiger partial charge in [0, 0.05) is 6.54 Å². The highest BCUT2D eigenvalue weighted by molar-refractivity contribution is 7.89. The van der Waals surface area contributed by atoms with Crippen LogP contribution in [0.5, 0.6) is 11.5 Å². The number of ether oxygens (including phenoxy) is 2. The maximum Gasteiger partial charge on any atom is 0.240 e. The molecule has 1 aliphatic rings. The van der Waals surface area contributed by atoms with Gasteiger partial charge in [-0.15, -0.1) is 12.4 Å². The van der Waals surface area contributed by atoms with E-state index in [1.165, 1.54) is 17.5 Å². The molecule has 8 heteroatoms. The Morgan fingerprint density at radius 3 is 2.38 bits per heavy atom. The van der Waals surface area contributed by atoms with Crippen molar-refractivity contribution in [2.75, 3.05) is 27.4 Å². The Bertz CT molecular complexity index is 965. The van der Waals surface area contributed by atoms with Gasteiger partial charge in [0.05, 0.1) is 25.7 Å². The van der Waals surface area contributed by atoms with Crippen LogP contribution in [0.2, 0.25) is 0 Å². The molecule has 32 heavy (non-hydrogen) atoms. The largest absolute Gasteiger partial charge is 0.493 e. The summed E-state index contributed by atoms with van der Waals surface area (Å²) < 4.78 is 37.5. The molecular formula is C24H34ClNO5S. The van der Waals surface area contributed by atoms with Gasteiger partial charge in [-0.1, -0.05) is 25.1 Å². The summed E-state index contributed by atoms with van der Waals surface area (Å²) in [5.41, 5.74) is 2.45. The minimum absolute atomic E-state index is 0. The monoisotopic (exact) mass is 483 g/mol. The number of hydrogen-bond acceptors (Lipinski definition) is 5. The van der Waals surface area contributed by atoms with E-state index in [1.807, 2.05) is 18.2 Å². The maximum absolute atomic E-state index is 12.2. The lowest BCUT2D eigenvalue weighted by atomic mass is 9.88.